The zero-order valence-corrected chi connectivity index (χ0v) is 16.8. The Morgan fingerprint density at radius 2 is 1.71 bits per heavy atom. The Balaban J connectivity index is 0.00000200. The molecule has 0 N–H and O–H groups in total. The SMILES string of the molecule is CC1(C)[C@H](C(=O)[O-])N2C(=O)/C(=C/C(=O)[O-])C2S1(=O)=O.[Na+].[Na+]. The summed E-state index contributed by atoms with van der Waals surface area (Å²) in [5.74, 6) is -4.36. The first-order valence-corrected chi connectivity index (χ1v) is 6.77. The molecule has 8 nitrogen and oxygen atoms in total. The molecule has 2 aliphatic rings. The number of hydrogen-bond donors (Lipinski definition) is 0. The van der Waals surface area contributed by atoms with E-state index in [-0.39, 0.29) is 59.1 Å². The van der Waals surface area contributed by atoms with Gasteiger partial charge in [0.05, 0.1) is 28.3 Å². The van der Waals surface area contributed by atoms with Crippen LogP contribution in [-0.4, -0.2) is 47.3 Å². The monoisotopic (exact) mass is 333 g/mol. The molecule has 2 saturated heterocycles. The Labute approximate surface area is 165 Å². The van der Waals surface area contributed by atoms with Crippen molar-refractivity contribution in [1.29, 1.82) is 0 Å². The number of amides is 1. The van der Waals surface area contributed by atoms with E-state index in [1.807, 2.05) is 0 Å². The average molecular weight is 333 g/mol. The number of carbonyl (C=O) groups excluding carboxylic acids is 3. The van der Waals surface area contributed by atoms with Gasteiger partial charge in [0.1, 0.15) is 0 Å². The molecule has 0 saturated carbocycles. The van der Waals surface area contributed by atoms with Crippen molar-refractivity contribution in [3.05, 3.63) is 11.6 Å². The molecule has 2 atom stereocenters. The summed E-state index contributed by atoms with van der Waals surface area (Å²) in [6.07, 6.45) is 0.384. The van der Waals surface area contributed by atoms with Crippen molar-refractivity contribution in [2.75, 3.05) is 0 Å². The number of aliphatic carboxylic acids is 2. The quantitative estimate of drug-likeness (QED) is 0.278. The predicted molar refractivity (Wildman–Crippen MR) is 55.5 cm³/mol. The van der Waals surface area contributed by atoms with E-state index in [0.29, 0.717) is 11.0 Å². The van der Waals surface area contributed by atoms with Crippen molar-refractivity contribution >= 4 is 27.7 Å². The summed E-state index contributed by atoms with van der Waals surface area (Å²) in [4.78, 5) is 33.8. The predicted octanol–water partition coefficient (Wildman–Crippen LogP) is -9.84. The van der Waals surface area contributed by atoms with Crippen molar-refractivity contribution in [2.45, 2.75) is 30.0 Å². The van der Waals surface area contributed by atoms with Gasteiger partial charge in [-0.15, -0.1) is 0 Å². The number of β-lactam (4-membered cyclic amide) rings is 1. The Bertz CT molecular complexity index is 640. The van der Waals surface area contributed by atoms with E-state index in [1.54, 1.807) is 0 Å². The zero-order valence-electron chi connectivity index (χ0n) is 11.9. The average Bonchev–Trinajstić information content (AvgIpc) is 2.38. The van der Waals surface area contributed by atoms with Gasteiger partial charge in [0.15, 0.2) is 15.2 Å². The number of fused-ring (bicyclic) bond motifs is 1. The third kappa shape index (κ3) is 2.73. The number of hydrogen-bond acceptors (Lipinski definition) is 7. The van der Waals surface area contributed by atoms with E-state index in [9.17, 15) is 33.0 Å². The number of carbonyl (C=O) groups is 3. The summed E-state index contributed by atoms with van der Waals surface area (Å²) < 4.78 is 22.6. The second-order valence-electron chi connectivity index (χ2n) is 4.85. The van der Waals surface area contributed by atoms with Gasteiger partial charge in [-0.05, 0) is 19.9 Å². The van der Waals surface area contributed by atoms with Crippen LogP contribution in [0, 0.1) is 0 Å². The molecular formula is C10H9NNa2O7S. The van der Waals surface area contributed by atoms with Crippen molar-refractivity contribution in [3.63, 3.8) is 0 Å². The van der Waals surface area contributed by atoms with E-state index in [0.717, 1.165) is 13.8 Å². The molecule has 104 valence electrons. The standard InChI is InChI=1S/C10H11NO7S.2Na/c1-10(2)6(9(15)16)11-7(14)4(3-5(12)13)8(11)19(10,17)18;;/h3,6,8H,1-2H3,(H,12,13)(H,15,16);;/q;2*+1/p-2/b4-3-;;/t6-,8?;;/m0../s1. The normalized spacial score (nSPS) is 29.7. The molecule has 11 heteroatoms. The largest absolute Gasteiger partial charge is 1.00 e. The maximum absolute atomic E-state index is 12.2. The smallest absolute Gasteiger partial charge is 0.548 e. The minimum Gasteiger partial charge on any atom is -0.548 e. The van der Waals surface area contributed by atoms with Crippen molar-refractivity contribution in [2.24, 2.45) is 0 Å². The maximum atomic E-state index is 12.2. The minimum atomic E-state index is -4.06. The van der Waals surface area contributed by atoms with Gasteiger partial charge >= 0.3 is 59.1 Å². The molecule has 2 fully saturated rings. The summed E-state index contributed by atoms with van der Waals surface area (Å²) >= 11 is 0. The summed E-state index contributed by atoms with van der Waals surface area (Å²) in [6, 6.07) is -1.64. The van der Waals surface area contributed by atoms with Gasteiger partial charge in [0, 0.05) is 0 Å². The molecule has 2 rings (SSSR count). The second kappa shape index (κ2) is 6.31. The third-order valence-corrected chi connectivity index (χ3v) is 6.22. The van der Waals surface area contributed by atoms with Crippen LogP contribution in [-0.2, 0) is 24.2 Å². The topological polar surface area (TPSA) is 135 Å². The van der Waals surface area contributed by atoms with Gasteiger partial charge in [-0.25, -0.2) is 8.42 Å². The van der Waals surface area contributed by atoms with Crippen LogP contribution in [0.2, 0.25) is 0 Å². The number of carboxylic acids is 2. The van der Waals surface area contributed by atoms with Gasteiger partial charge in [-0.3, -0.25) is 4.79 Å². The molecule has 0 spiro atoms. The molecule has 0 aromatic rings. The first kappa shape index (κ1) is 21.1. The van der Waals surface area contributed by atoms with Crippen LogP contribution in [0.4, 0.5) is 0 Å². The van der Waals surface area contributed by atoms with Crippen LogP contribution in [0.3, 0.4) is 0 Å². The minimum absolute atomic E-state index is 0. The molecule has 0 bridgehead atoms. The second-order valence-corrected chi connectivity index (χ2v) is 7.44. The first-order chi connectivity index (χ1) is 8.53. The Kier molecular flexibility index (Phi) is 6.34. The number of nitrogens with zero attached hydrogens (tertiary/aromatic N) is 1. The Hall–Kier alpha value is 0.100. The van der Waals surface area contributed by atoms with Crippen LogP contribution in [0.1, 0.15) is 13.8 Å². The Morgan fingerprint density at radius 3 is 2.10 bits per heavy atom. The van der Waals surface area contributed by atoms with Crippen LogP contribution in [0.5, 0.6) is 0 Å². The van der Waals surface area contributed by atoms with Crippen LogP contribution < -0.4 is 69.3 Å². The number of rotatable bonds is 2. The molecule has 0 aromatic carbocycles. The fourth-order valence-electron chi connectivity index (χ4n) is 2.45. The summed E-state index contributed by atoms with van der Waals surface area (Å²) in [5.41, 5.74) is -0.489. The zero-order chi connectivity index (χ0) is 14.7. The van der Waals surface area contributed by atoms with E-state index in [2.05, 4.69) is 0 Å². The van der Waals surface area contributed by atoms with Gasteiger partial charge in [-0.2, -0.15) is 0 Å². The molecule has 1 unspecified atom stereocenters. The van der Waals surface area contributed by atoms with Crippen LogP contribution in [0.25, 0.3) is 0 Å². The van der Waals surface area contributed by atoms with Gasteiger partial charge < -0.3 is 24.7 Å². The van der Waals surface area contributed by atoms with Crippen LogP contribution >= 0.6 is 0 Å². The van der Waals surface area contributed by atoms with Gasteiger partial charge in [0.2, 0.25) is 0 Å². The molecule has 2 aliphatic heterocycles. The molecule has 21 heavy (non-hydrogen) atoms. The Morgan fingerprint density at radius 1 is 1.24 bits per heavy atom. The van der Waals surface area contributed by atoms with E-state index >= 15 is 0 Å². The fourth-order valence-corrected chi connectivity index (χ4v) is 4.57. The maximum Gasteiger partial charge on any atom is 1.00 e. The number of carboxylic acid groups (broad SMARTS) is 2. The fraction of sp³-hybridized carbons (Fsp3) is 0.500. The van der Waals surface area contributed by atoms with Crippen molar-refractivity contribution in [3.8, 4) is 0 Å². The van der Waals surface area contributed by atoms with Crippen LogP contribution in [0.15, 0.2) is 11.6 Å². The summed E-state index contributed by atoms with van der Waals surface area (Å²) in [7, 11) is -4.06. The van der Waals surface area contributed by atoms with Gasteiger partial charge in [-0.1, -0.05) is 0 Å². The molecule has 0 aromatic heterocycles. The molecule has 2 heterocycles. The van der Waals surface area contributed by atoms with Crippen molar-refractivity contribution < 1.29 is 92.1 Å². The first-order valence-electron chi connectivity index (χ1n) is 5.23. The van der Waals surface area contributed by atoms with E-state index < -0.39 is 49.4 Å². The van der Waals surface area contributed by atoms with Crippen molar-refractivity contribution in [1.82, 2.24) is 4.90 Å². The molecule has 0 radical (unpaired) electrons. The molecule has 0 aliphatic carbocycles. The van der Waals surface area contributed by atoms with Gasteiger partial charge in [0.25, 0.3) is 5.91 Å². The summed E-state index contributed by atoms with van der Waals surface area (Å²) in [5, 5.41) is 19.9. The molecule has 1 amide bonds. The van der Waals surface area contributed by atoms with E-state index in [4.69, 9.17) is 0 Å². The summed E-state index contributed by atoms with van der Waals surface area (Å²) in [6.45, 7) is 2.32. The molecular weight excluding hydrogens is 324 g/mol. The third-order valence-electron chi connectivity index (χ3n) is 3.46. The van der Waals surface area contributed by atoms with E-state index in [1.165, 1.54) is 0 Å². The number of sulfone groups is 1.